The van der Waals surface area contributed by atoms with Crippen molar-refractivity contribution in [2.45, 2.75) is 31.7 Å². The van der Waals surface area contributed by atoms with Crippen LogP contribution in [0.4, 0.5) is 10.3 Å². The van der Waals surface area contributed by atoms with Gasteiger partial charge in [-0.15, -0.1) is 0 Å². The molecule has 4 aromatic rings. The Morgan fingerprint density at radius 3 is 2.46 bits per heavy atom. The van der Waals surface area contributed by atoms with Gasteiger partial charge < -0.3 is 14.6 Å². The molecule has 9 nitrogen and oxygen atoms in total. The second-order valence-electron chi connectivity index (χ2n) is 9.83. The van der Waals surface area contributed by atoms with Crippen LogP contribution in [0, 0.1) is 5.82 Å². The second kappa shape index (κ2) is 11.2. The fourth-order valence-corrected chi connectivity index (χ4v) is 5.65. The Labute approximate surface area is 237 Å². The molecule has 2 N–H and O–H groups in total. The number of hydrogen-bond donors (Lipinski definition) is 2. The first-order valence-corrected chi connectivity index (χ1v) is 14.9. The average molecular weight is 577 g/mol. The average Bonchev–Trinajstić information content (AvgIpc) is 3.28. The van der Waals surface area contributed by atoms with E-state index >= 15 is 4.39 Å². The summed E-state index contributed by atoms with van der Waals surface area (Å²) in [6, 6.07) is 16.2. The van der Waals surface area contributed by atoms with Crippen LogP contribution < -0.4 is 10.1 Å². The summed E-state index contributed by atoms with van der Waals surface area (Å²) in [5.41, 5.74) is 4.57. The molecule has 0 bridgehead atoms. The number of benzene rings is 3. The second-order valence-corrected chi connectivity index (χ2v) is 11.8. The maximum atomic E-state index is 15.1. The maximum absolute atomic E-state index is 15.1. The number of aromatic nitrogens is 2. The Balaban J connectivity index is 1.39. The third-order valence-electron chi connectivity index (χ3n) is 6.92. The smallest absolute Gasteiger partial charge is 0.254 e. The van der Waals surface area contributed by atoms with Gasteiger partial charge in [0.2, 0.25) is 11.9 Å². The van der Waals surface area contributed by atoms with Gasteiger partial charge >= 0.3 is 0 Å². The number of amides is 2. The van der Waals surface area contributed by atoms with Crippen LogP contribution in [0.2, 0.25) is 0 Å². The van der Waals surface area contributed by atoms with Gasteiger partial charge in [0.25, 0.3) is 5.91 Å². The van der Waals surface area contributed by atoms with Gasteiger partial charge in [-0.25, -0.2) is 17.8 Å². The molecular formula is C30H29FN4O5S. The van der Waals surface area contributed by atoms with E-state index in [0.717, 1.165) is 40.3 Å². The largest absolute Gasteiger partial charge is 0.491 e. The number of nitrogens with zero attached hydrogens (tertiary/aromatic N) is 2. The van der Waals surface area contributed by atoms with Crippen molar-refractivity contribution >= 4 is 27.6 Å². The number of imidazole rings is 1. The molecule has 41 heavy (non-hydrogen) atoms. The number of fused-ring (bicyclic) bond motifs is 1. The highest BCUT2D eigenvalue weighted by atomic mass is 32.2. The predicted molar refractivity (Wildman–Crippen MR) is 153 cm³/mol. The summed E-state index contributed by atoms with van der Waals surface area (Å²) in [4.78, 5) is 33.2. The number of sulfone groups is 1. The molecule has 0 fully saturated rings. The van der Waals surface area contributed by atoms with E-state index in [9.17, 15) is 18.0 Å². The van der Waals surface area contributed by atoms with Crippen molar-refractivity contribution < 1.29 is 27.1 Å². The zero-order valence-corrected chi connectivity index (χ0v) is 23.6. The molecular weight excluding hydrogens is 547 g/mol. The van der Waals surface area contributed by atoms with Gasteiger partial charge in [-0.3, -0.25) is 14.9 Å². The van der Waals surface area contributed by atoms with Gasteiger partial charge in [0, 0.05) is 36.4 Å². The fraction of sp³-hybridized carbons (Fsp3) is 0.233. The van der Waals surface area contributed by atoms with E-state index in [4.69, 9.17) is 4.74 Å². The summed E-state index contributed by atoms with van der Waals surface area (Å²) in [5, 5.41) is 2.62. The number of rotatable bonds is 6. The maximum Gasteiger partial charge on any atom is 0.254 e. The normalized spacial score (nSPS) is 13.2. The number of hydrogen-bond acceptors (Lipinski definition) is 6. The summed E-state index contributed by atoms with van der Waals surface area (Å²) >= 11 is 0. The first-order valence-electron chi connectivity index (χ1n) is 13.0. The highest BCUT2D eigenvalue weighted by Gasteiger charge is 2.27. The summed E-state index contributed by atoms with van der Waals surface area (Å²) in [5.74, 6) is -0.430. The molecule has 5 rings (SSSR count). The Bertz CT molecular complexity index is 1750. The van der Waals surface area contributed by atoms with Crippen LogP contribution >= 0.6 is 0 Å². The van der Waals surface area contributed by atoms with Crippen LogP contribution in [-0.4, -0.2) is 54.5 Å². The topological polar surface area (TPSA) is 121 Å². The molecule has 2 amide bonds. The number of H-pyrrole nitrogens is 1. The molecule has 3 aromatic carbocycles. The number of anilines is 1. The van der Waals surface area contributed by atoms with Crippen LogP contribution in [0.15, 0.2) is 65.7 Å². The van der Waals surface area contributed by atoms with Crippen LogP contribution in [-0.2, 0) is 27.6 Å². The first-order chi connectivity index (χ1) is 19.5. The van der Waals surface area contributed by atoms with E-state index in [1.165, 1.54) is 13.0 Å². The fourth-order valence-electron chi connectivity index (χ4n) is 4.89. The molecule has 11 heteroatoms. The molecule has 2 heterocycles. The van der Waals surface area contributed by atoms with E-state index in [1.54, 1.807) is 18.0 Å². The Hall–Kier alpha value is -4.51. The molecule has 0 atom stereocenters. The lowest BCUT2D eigenvalue weighted by molar-refractivity contribution is -0.114. The molecule has 0 radical (unpaired) electrons. The summed E-state index contributed by atoms with van der Waals surface area (Å²) < 4.78 is 45.0. The Kier molecular flexibility index (Phi) is 7.63. The zero-order valence-electron chi connectivity index (χ0n) is 22.8. The number of nitrogens with one attached hydrogen (secondary N) is 2. The standard InChI is InChI=1S/C30H29FN4O5S/c1-4-23-24(10-12-27(28(23)31)41(3,38)39)29(37)35-13-14-40-26-11-9-21(15-22(26)17-35)19-5-7-20(8-6-19)25-16-32-30(34-25)33-18(2)36/h5-12,15-16H,4,13-14,17H2,1-3H3,(H2,32,33,34,36). The van der Waals surface area contributed by atoms with Crippen LogP contribution in [0.25, 0.3) is 22.4 Å². The SMILES string of the molecule is CCc1c(C(=O)N2CCOc3ccc(-c4ccc(-c5cnc(NC(C)=O)[nH]5)cc4)cc3C2)ccc(S(C)(=O)=O)c1F. The molecule has 0 spiro atoms. The Morgan fingerprint density at radius 2 is 1.78 bits per heavy atom. The molecule has 1 aliphatic heterocycles. The van der Waals surface area contributed by atoms with Crippen LogP contribution in [0.1, 0.15) is 35.3 Å². The molecule has 212 valence electrons. The first kappa shape index (κ1) is 28.0. The lowest BCUT2D eigenvalue weighted by Gasteiger charge is -2.22. The molecule has 0 saturated carbocycles. The van der Waals surface area contributed by atoms with E-state index in [-0.39, 0.29) is 42.5 Å². The minimum atomic E-state index is -3.77. The van der Waals surface area contributed by atoms with Gasteiger partial charge in [0.1, 0.15) is 23.1 Å². The number of carbonyl (C=O) groups is 2. The van der Waals surface area contributed by atoms with Gasteiger partial charge in [-0.1, -0.05) is 37.3 Å². The van der Waals surface area contributed by atoms with Gasteiger partial charge in [-0.05, 0) is 47.4 Å². The lowest BCUT2D eigenvalue weighted by atomic mass is 10.00. The molecule has 0 aliphatic carbocycles. The monoisotopic (exact) mass is 576 g/mol. The van der Waals surface area contributed by atoms with Crippen LogP contribution in [0.3, 0.4) is 0 Å². The highest BCUT2D eigenvalue weighted by molar-refractivity contribution is 7.90. The van der Waals surface area contributed by atoms with E-state index < -0.39 is 20.5 Å². The number of carbonyl (C=O) groups excluding carboxylic acids is 2. The van der Waals surface area contributed by atoms with Gasteiger partial charge in [0.05, 0.1) is 18.4 Å². The van der Waals surface area contributed by atoms with Crippen molar-refractivity contribution in [2.75, 3.05) is 24.7 Å². The third-order valence-corrected chi connectivity index (χ3v) is 8.03. The third kappa shape index (κ3) is 5.85. The van der Waals surface area contributed by atoms with Gasteiger partial charge in [-0.2, -0.15) is 0 Å². The molecule has 0 saturated heterocycles. The predicted octanol–water partition coefficient (Wildman–Crippen LogP) is 4.84. The summed E-state index contributed by atoms with van der Waals surface area (Å²) in [6.07, 6.45) is 2.77. The van der Waals surface area contributed by atoms with Gasteiger partial charge in [0.15, 0.2) is 9.84 Å². The molecule has 1 aromatic heterocycles. The van der Waals surface area contributed by atoms with E-state index in [1.807, 2.05) is 42.5 Å². The number of aromatic amines is 1. The van der Waals surface area contributed by atoms with Crippen molar-refractivity contribution in [2.24, 2.45) is 0 Å². The van der Waals surface area contributed by atoms with Crippen molar-refractivity contribution in [3.63, 3.8) is 0 Å². The van der Waals surface area contributed by atoms with Crippen molar-refractivity contribution in [3.8, 4) is 28.1 Å². The summed E-state index contributed by atoms with van der Waals surface area (Å²) in [7, 11) is -3.77. The molecule has 1 aliphatic rings. The quantitative estimate of drug-likeness (QED) is 0.339. The number of ether oxygens (including phenoxy) is 1. The van der Waals surface area contributed by atoms with Crippen molar-refractivity contribution in [1.29, 1.82) is 0 Å². The zero-order chi connectivity index (χ0) is 29.3. The molecule has 0 unspecified atom stereocenters. The van der Waals surface area contributed by atoms with E-state index in [0.29, 0.717) is 18.2 Å². The summed E-state index contributed by atoms with van der Waals surface area (Å²) in [6.45, 7) is 3.91. The lowest BCUT2D eigenvalue weighted by Crippen LogP contribution is -2.33. The van der Waals surface area contributed by atoms with E-state index in [2.05, 4.69) is 15.3 Å². The van der Waals surface area contributed by atoms with Crippen molar-refractivity contribution in [1.82, 2.24) is 14.9 Å². The van der Waals surface area contributed by atoms with Crippen LogP contribution in [0.5, 0.6) is 5.75 Å². The minimum absolute atomic E-state index is 0.0821. The van der Waals surface area contributed by atoms with Crippen molar-refractivity contribution in [3.05, 3.63) is 83.3 Å². The highest BCUT2D eigenvalue weighted by Crippen LogP contribution is 2.32. The minimum Gasteiger partial charge on any atom is -0.491 e. The number of halogens is 1. The Morgan fingerprint density at radius 1 is 1.07 bits per heavy atom.